The average molecular weight is 324 g/mol. The molecule has 1 heteroatoms. The molecule has 5 aromatic rings. The quantitative estimate of drug-likeness (QED) is 0.306. The van der Waals surface area contributed by atoms with Gasteiger partial charge >= 0.3 is 0 Å². The molecule has 24 heavy (non-hydrogen) atoms. The lowest BCUT2D eigenvalue weighted by Crippen LogP contribution is -1.83. The standard InChI is InChI=1S/C23H16S/c1-15-7-6-8-16(13-15)20-14-22-23(18-10-3-2-9-17(18)20)19-11-4-5-12-21(19)24-22/h2-14H,1H3. The predicted octanol–water partition coefficient (Wildman–Crippen LogP) is 7.18. The van der Waals surface area contributed by atoms with E-state index < -0.39 is 0 Å². The minimum atomic E-state index is 1.30. The molecule has 0 spiro atoms. The fourth-order valence-electron chi connectivity index (χ4n) is 3.64. The van der Waals surface area contributed by atoms with Crippen molar-refractivity contribution in [3.63, 3.8) is 0 Å². The zero-order chi connectivity index (χ0) is 16.1. The van der Waals surface area contributed by atoms with E-state index in [4.69, 9.17) is 0 Å². The Kier molecular flexibility index (Phi) is 2.97. The van der Waals surface area contributed by atoms with Gasteiger partial charge in [0.25, 0.3) is 0 Å². The molecular formula is C23H16S. The van der Waals surface area contributed by atoms with Gasteiger partial charge < -0.3 is 0 Å². The fraction of sp³-hybridized carbons (Fsp3) is 0.0435. The van der Waals surface area contributed by atoms with Gasteiger partial charge in [0.2, 0.25) is 0 Å². The molecule has 0 aliphatic carbocycles. The van der Waals surface area contributed by atoms with Crippen LogP contribution in [0.25, 0.3) is 42.1 Å². The topological polar surface area (TPSA) is 0 Å². The van der Waals surface area contributed by atoms with Crippen molar-refractivity contribution in [3.8, 4) is 11.1 Å². The van der Waals surface area contributed by atoms with Crippen molar-refractivity contribution >= 4 is 42.3 Å². The Morgan fingerprint density at radius 1 is 0.625 bits per heavy atom. The molecule has 0 bridgehead atoms. The van der Waals surface area contributed by atoms with Crippen molar-refractivity contribution in [3.05, 3.63) is 84.4 Å². The summed E-state index contributed by atoms with van der Waals surface area (Å²) in [5.74, 6) is 0. The van der Waals surface area contributed by atoms with Crippen LogP contribution in [0, 0.1) is 6.92 Å². The number of thiophene rings is 1. The lowest BCUT2D eigenvalue weighted by molar-refractivity contribution is 1.47. The third-order valence-corrected chi connectivity index (χ3v) is 5.83. The van der Waals surface area contributed by atoms with Crippen LogP contribution in [-0.4, -0.2) is 0 Å². The number of rotatable bonds is 1. The highest BCUT2D eigenvalue weighted by molar-refractivity contribution is 7.26. The molecule has 0 saturated heterocycles. The van der Waals surface area contributed by atoms with Crippen LogP contribution in [0.3, 0.4) is 0 Å². The molecule has 0 amide bonds. The molecule has 0 fully saturated rings. The number of hydrogen-bond donors (Lipinski definition) is 0. The molecule has 0 N–H and O–H groups in total. The molecule has 0 nitrogen and oxygen atoms in total. The molecule has 0 radical (unpaired) electrons. The van der Waals surface area contributed by atoms with Crippen molar-refractivity contribution in [1.82, 2.24) is 0 Å². The van der Waals surface area contributed by atoms with Gasteiger partial charge in [0.1, 0.15) is 0 Å². The summed E-state index contributed by atoms with van der Waals surface area (Å²) < 4.78 is 2.73. The van der Waals surface area contributed by atoms with Gasteiger partial charge in [-0.2, -0.15) is 0 Å². The Morgan fingerprint density at radius 3 is 2.21 bits per heavy atom. The van der Waals surface area contributed by atoms with Crippen molar-refractivity contribution in [2.45, 2.75) is 6.92 Å². The van der Waals surface area contributed by atoms with E-state index >= 15 is 0 Å². The van der Waals surface area contributed by atoms with Crippen LogP contribution in [0.1, 0.15) is 5.56 Å². The maximum absolute atomic E-state index is 2.37. The molecule has 0 saturated carbocycles. The second-order valence-electron chi connectivity index (χ2n) is 6.31. The van der Waals surface area contributed by atoms with Gasteiger partial charge in [0.05, 0.1) is 0 Å². The monoisotopic (exact) mass is 324 g/mol. The zero-order valence-corrected chi connectivity index (χ0v) is 14.2. The Balaban J connectivity index is 1.99. The van der Waals surface area contributed by atoms with E-state index in [-0.39, 0.29) is 0 Å². The molecule has 1 heterocycles. The molecule has 1 aromatic heterocycles. The van der Waals surface area contributed by atoms with Crippen LogP contribution in [-0.2, 0) is 0 Å². The van der Waals surface area contributed by atoms with Gasteiger partial charge in [0, 0.05) is 20.2 Å². The molecule has 5 rings (SSSR count). The summed E-state index contributed by atoms with van der Waals surface area (Å²) in [6, 6.07) is 28.7. The normalized spacial score (nSPS) is 11.5. The first kappa shape index (κ1) is 13.8. The Hall–Kier alpha value is -2.64. The summed E-state index contributed by atoms with van der Waals surface area (Å²) in [7, 11) is 0. The summed E-state index contributed by atoms with van der Waals surface area (Å²) in [5.41, 5.74) is 3.92. The largest absolute Gasteiger partial charge is 0.135 e. The van der Waals surface area contributed by atoms with Crippen LogP contribution in [0.15, 0.2) is 78.9 Å². The van der Waals surface area contributed by atoms with E-state index in [9.17, 15) is 0 Å². The molecule has 0 unspecified atom stereocenters. The predicted molar refractivity (Wildman–Crippen MR) is 107 cm³/mol. The van der Waals surface area contributed by atoms with Crippen molar-refractivity contribution in [2.24, 2.45) is 0 Å². The SMILES string of the molecule is Cc1cccc(-c2cc3sc4ccccc4c3c3ccccc23)c1. The first-order valence-electron chi connectivity index (χ1n) is 8.21. The summed E-state index contributed by atoms with van der Waals surface area (Å²) in [5, 5.41) is 5.44. The number of hydrogen-bond acceptors (Lipinski definition) is 1. The van der Waals surface area contributed by atoms with Gasteiger partial charge in [-0.15, -0.1) is 11.3 Å². The highest BCUT2D eigenvalue weighted by atomic mass is 32.1. The summed E-state index contributed by atoms with van der Waals surface area (Å²) >= 11 is 1.89. The van der Waals surface area contributed by atoms with Crippen LogP contribution in [0.5, 0.6) is 0 Å². The first-order chi connectivity index (χ1) is 11.8. The van der Waals surface area contributed by atoms with Gasteiger partial charge in [-0.05, 0) is 41.0 Å². The molecular weight excluding hydrogens is 308 g/mol. The third-order valence-electron chi connectivity index (χ3n) is 4.71. The van der Waals surface area contributed by atoms with Crippen LogP contribution in [0.4, 0.5) is 0 Å². The third kappa shape index (κ3) is 1.98. The second-order valence-corrected chi connectivity index (χ2v) is 7.39. The summed E-state index contributed by atoms with van der Waals surface area (Å²) in [6.45, 7) is 2.16. The van der Waals surface area contributed by atoms with E-state index in [1.54, 1.807) is 0 Å². The van der Waals surface area contributed by atoms with Crippen LogP contribution in [0.2, 0.25) is 0 Å². The molecule has 4 aromatic carbocycles. The fourth-order valence-corrected chi connectivity index (χ4v) is 4.80. The highest BCUT2D eigenvalue weighted by Gasteiger charge is 2.12. The minimum absolute atomic E-state index is 1.30. The van der Waals surface area contributed by atoms with Crippen LogP contribution >= 0.6 is 11.3 Å². The van der Waals surface area contributed by atoms with Gasteiger partial charge in [-0.25, -0.2) is 0 Å². The number of aryl methyl sites for hydroxylation is 1. The van der Waals surface area contributed by atoms with Gasteiger partial charge in [-0.1, -0.05) is 72.3 Å². The Labute approximate surface area is 145 Å². The van der Waals surface area contributed by atoms with Crippen molar-refractivity contribution in [2.75, 3.05) is 0 Å². The summed E-state index contributed by atoms with van der Waals surface area (Å²) in [4.78, 5) is 0. The average Bonchev–Trinajstić information content (AvgIpc) is 2.99. The van der Waals surface area contributed by atoms with Crippen molar-refractivity contribution < 1.29 is 0 Å². The van der Waals surface area contributed by atoms with Gasteiger partial charge in [0.15, 0.2) is 0 Å². The van der Waals surface area contributed by atoms with E-state index in [0.717, 1.165) is 0 Å². The summed E-state index contributed by atoms with van der Waals surface area (Å²) in [6.07, 6.45) is 0. The molecule has 0 atom stereocenters. The minimum Gasteiger partial charge on any atom is -0.135 e. The highest BCUT2D eigenvalue weighted by Crippen LogP contribution is 2.42. The van der Waals surface area contributed by atoms with E-state index in [0.29, 0.717) is 0 Å². The Morgan fingerprint density at radius 2 is 1.38 bits per heavy atom. The first-order valence-corrected chi connectivity index (χ1v) is 9.03. The number of benzene rings is 4. The zero-order valence-electron chi connectivity index (χ0n) is 13.4. The smallest absolute Gasteiger partial charge is 0.0368 e. The molecule has 0 aliphatic heterocycles. The maximum Gasteiger partial charge on any atom is 0.0368 e. The Bertz CT molecular complexity index is 1210. The van der Waals surface area contributed by atoms with E-state index in [1.165, 1.54) is 47.6 Å². The van der Waals surface area contributed by atoms with Gasteiger partial charge in [-0.3, -0.25) is 0 Å². The molecule has 114 valence electrons. The lowest BCUT2D eigenvalue weighted by Gasteiger charge is -2.09. The van der Waals surface area contributed by atoms with Crippen molar-refractivity contribution in [1.29, 1.82) is 0 Å². The molecule has 0 aliphatic rings. The van der Waals surface area contributed by atoms with Crippen LogP contribution < -0.4 is 0 Å². The maximum atomic E-state index is 2.37. The lowest BCUT2D eigenvalue weighted by atomic mass is 9.94. The second kappa shape index (κ2) is 5.19. The van der Waals surface area contributed by atoms with E-state index in [1.807, 2.05) is 11.3 Å². The number of fused-ring (bicyclic) bond motifs is 5. The van der Waals surface area contributed by atoms with E-state index in [2.05, 4.69) is 85.8 Å².